The van der Waals surface area contributed by atoms with Crippen LogP contribution in [0.2, 0.25) is 5.02 Å². The van der Waals surface area contributed by atoms with E-state index < -0.39 is 22.7 Å². The zero-order valence-corrected chi connectivity index (χ0v) is 22.0. The van der Waals surface area contributed by atoms with Gasteiger partial charge in [0.2, 0.25) is 0 Å². The van der Waals surface area contributed by atoms with Gasteiger partial charge in [-0.1, -0.05) is 29.8 Å². The van der Waals surface area contributed by atoms with E-state index in [-0.39, 0.29) is 16.7 Å². The smallest absolute Gasteiger partial charge is 0.311 e. The number of hydrogen-bond donors (Lipinski definition) is 4. The molecule has 5 N–H and O–H groups in total. The fraction of sp³-hybridized carbons (Fsp3) is 0.320. The number of nitrogens with one attached hydrogen (secondary N) is 3. The fourth-order valence-electron chi connectivity index (χ4n) is 3.25. The Morgan fingerprint density at radius 2 is 2.00 bits per heavy atom. The van der Waals surface area contributed by atoms with Crippen LogP contribution in [0.25, 0.3) is 0 Å². The SMILES string of the molecule is CC(C)(C)C(=O)OCC(C)(NC(=S)Nc1c(N)cccc1CNc1ncco1)c1ccc(Cl)c(F)c1. The van der Waals surface area contributed by atoms with Crippen molar-refractivity contribution in [3.05, 3.63) is 70.8 Å². The van der Waals surface area contributed by atoms with Crippen molar-refractivity contribution in [3.63, 3.8) is 0 Å². The average Bonchev–Trinajstić information content (AvgIpc) is 3.32. The standard InChI is InChI=1S/C25H29ClFN5O3S/c1-24(2,3)21(33)35-14-25(4,16-8-9-17(26)18(27)12-16)32-23(36)31-20-15(6-5-7-19(20)28)13-30-22-29-10-11-34-22/h5-12H,13-14,28H2,1-4H3,(H,29,30)(H2,31,32,36). The number of oxazole rings is 1. The Morgan fingerprint density at radius 3 is 2.64 bits per heavy atom. The molecule has 0 saturated heterocycles. The molecule has 0 spiro atoms. The number of esters is 1. The van der Waals surface area contributed by atoms with Gasteiger partial charge >= 0.3 is 5.97 Å². The fourth-order valence-corrected chi connectivity index (χ4v) is 3.70. The van der Waals surface area contributed by atoms with Crippen LogP contribution in [0.15, 0.2) is 53.3 Å². The van der Waals surface area contributed by atoms with Crippen molar-refractivity contribution in [1.29, 1.82) is 0 Å². The van der Waals surface area contributed by atoms with Crippen LogP contribution in [0.4, 0.5) is 21.8 Å². The van der Waals surface area contributed by atoms with Crippen molar-refractivity contribution < 1.29 is 18.3 Å². The second-order valence-corrected chi connectivity index (χ2v) is 10.3. The Morgan fingerprint density at radius 1 is 1.25 bits per heavy atom. The molecule has 0 amide bonds. The lowest BCUT2D eigenvalue weighted by Gasteiger charge is -2.33. The summed E-state index contributed by atoms with van der Waals surface area (Å²) in [5, 5.41) is 9.52. The number of rotatable bonds is 8. The maximum absolute atomic E-state index is 14.3. The molecule has 1 aromatic heterocycles. The number of thiocarbonyl (C=S) groups is 1. The Kier molecular flexibility index (Phi) is 8.42. The quantitative estimate of drug-likeness (QED) is 0.170. The molecule has 192 valence electrons. The number of nitrogens with zero attached hydrogens (tertiary/aromatic N) is 1. The van der Waals surface area contributed by atoms with Crippen LogP contribution < -0.4 is 21.7 Å². The Hall–Kier alpha value is -3.37. The van der Waals surface area contributed by atoms with Gasteiger partial charge < -0.3 is 30.8 Å². The summed E-state index contributed by atoms with van der Waals surface area (Å²) in [7, 11) is 0. The lowest BCUT2D eigenvalue weighted by atomic mass is 9.92. The molecule has 0 aliphatic rings. The maximum Gasteiger partial charge on any atom is 0.311 e. The number of halogens is 2. The highest BCUT2D eigenvalue weighted by atomic mass is 35.5. The van der Waals surface area contributed by atoms with Crippen molar-refractivity contribution in [2.75, 3.05) is 23.0 Å². The number of ether oxygens (including phenoxy) is 1. The number of carbonyl (C=O) groups is 1. The third kappa shape index (κ3) is 6.86. The molecule has 1 atom stereocenters. The molecule has 0 aliphatic heterocycles. The van der Waals surface area contributed by atoms with E-state index in [1.165, 1.54) is 24.6 Å². The second-order valence-electron chi connectivity index (χ2n) is 9.44. The van der Waals surface area contributed by atoms with E-state index in [1.54, 1.807) is 39.8 Å². The van der Waals surface area contributed by atoms with E-state index in [0.717, 1.165) is 5.56 Å². The Bertz CT molecular complexity index is 1230. The van der Waals surface area contributed by atoms with Crippen molar-refractivity contribution in [2.45, 2.75) is 39.8 Å². The topological polar surface area (TPSA) is 114 Å². The summed E-state index contributed by atoms with van der Waals surface area (Å²) in [4.78, 5) is 16.5. The molecule has 0 radical (unpaired) electrons. The number of anilines is 3. The molecule has 36 heavy (non-hydrogen) atoms. The summed E-state index contributed by atoms with van der Waals surface area (Å²) in [6, 6.07) is 10.2. The summed E-state index contributed by atoms with van der Waals surface area (Å²) in [5.41, 5.74) is 6.75. The minimum Gasteiger partial charge on any atom is -0.462 e. The predicted octanol–water partition coefficient (Wildman–Crippen LogP) is 5.45. The van der Waals surface area contributed by atoms with E-state index in [4.69, 9.17) is 38.7 Å². The average molecular weight is 534 g/mol. The molecule has 8 nitrogen and oxygen atoms in total. The summed E-state index contributed by atoms with van der Waals surface area (Å²) in [6.45, 7) is 7.24. The van der Waals surface area contributed by atoms with E-state index in [2.05, 4.69) is 20.9 Å². The molecule has 11 heteroatoms. The molecular formula is C25H29ClFN5O3S. The first kappa shape index (κ1) is 27.2. The molecule has 3 aromatic rings. The minimum atomic E-state index is -1.09. The van der Waals surface area contributed by atoms with Crippen LogP contribution in [0.5, 0.6) is 0 Å². The van der Waals surface area contributed by atoms with Crippen LogP contribution in [0.3, 0.4) is 0 Å². The minimum absolute atomic E-state index is 0.0197. The second kappa shape index (κ2) is 11.1. The van der Waals surface area contributed by atoms with Crippen LogP contribution in [0, 0.1) is 11.2 Å². The first-order chi connectivity index (χ1) is 16.9. The molecule has 1 heterocycles. The summed E-state index contributed by atoms with van der Waals surface area (Å²) < 4.78 is 25.1. The first-order valence-electron chi connectivity index (χ1n) is 11.1. The van der Waals surface area contributed by atoms with Gasteiger partial charge in [0.1, 0.15) is 18.7 Å². The first-order valence-corrected chi connectivity index (χ1v) is 11.9. The van der Waals surface area contributed by atoms with Crippen LogP contribution in [-0.2, 0) is 21.6 Å². The van der Waals surface area contributed by atoms with Crippen LogP contribution in [-0.4, -0.2) is 22.7 Å². The highest BCUT2D eigenvalue weighted by Gasteiger charge is 2.33. The number of para-hydroxylation sites is 1. The van der Waals surface area contributed by atoms with Gasteiger partial charge in [0.25, 0.3) is 6.01 Å². The summed E-state index contributed by atoms with van der Waals surface area (Å²) in [5.74, 6) is -1.01. The lowest BCUT2D eigenvalue weighted by Crippen LogP contribution is -2.49. The molecule has 0 bridgehead atoms. The number of aromatic nitrogens is 1. The predicted molar refractivity (Wildman–Crippen MR) is 143 cm³/mol. The third-order valence-corrected chi connectivity index (χ3v) is 5.85. The molecule has 1 unspecified atom stereocenters. The molecule has 0 fully saturated rings. The van der Waals surface area contributed by atoms with Gasteiger partial charge in [-0.25, -0.2) is 9.37 Å². The zero-order valence-electron chi connectivity index (χ0n) is 20.4. The monoisotopic (exact) mass is 533 g/mol. The molecule has 3 rings (SSSR count). The largest absolute Gasteiger partial charge is 0.462 e. The number of nitrogens with two attached hydrogens (primary N) is 1. The van der Waals surface area contributed by atoms with Gasteiger partial charge in [-0.05, 0) is 69.2 Å². The maximum atomic E-state index is 14.3. The van der Waals surface area contributed by atoms with Crippen molar-refractivity contribution in [1.82, 2.24) is 10.3 Å². The zero-order chi connectivity index (χ0) is 26.5. The van der Waals surface area contributed by atoms with Crippen molar-refractivity contribution >= 4 is 52.3 Å². The number of nitrogen functional groups attached to an aromatic ring is 1. The van der Waals surface area contributed by atoms with Crippen LogP contribution in [0.1, 0.15) is 38.8 Å². The number of carbonyl (C=O) groups excluding carboxylic acids is 1. The van der Waals surface area contributed by atoms with Gasteiger partial charge in [-0.2, -0.15) is 0 Å². The van der Waals surface area contributed by atoms with E-state index in [1.807, 2.05) is 12.1 Å². The van der Waals surface area contributed by atoms with Gasteiger partial charge in [0, 0.05) is 6.54 Å². The molecule has 0 aliphatic carbocycles. The highest BCUT2D eigenvalue weighted by Crippen LogP contribution is 2.29. The van der Waals surface area contributed by atoms with Crippen molar-refractivity contribution in [2.24, 2.45) is 5.41 Å². The van der Waals surface area contributed by atoms with Gasteiger partial charge in [-0.3, -0.25) is 4.79 Å². The Balaban J connectivity index is 1.83. The lowest BCUT2D eigenvalue weighted by molar-refractivity contribution is -0.155. The molecule has 2 aromatic carbocycles. The Labute approximate surface area is 219 Å². The van der Waals surface area contributed by atoms with E-state index in [9.17, 15) is 9.18 Å². The van der Waals surface area contributed by atoms with Crippen molar-refractivity contribution in [3.8, 4) is 0 Å². The van der Waals surface area contributed by atoms with Crippen LogP contribution >= 0.6 is 23.8 Å². The number of hydrogen-bond acceptors (Lipinski definition) is 7. The van der Waals surface area contributed by atoms with Gasteiger partial charge in [0.15, 0.2) is 5.11 Å². The normalized spacial score (nSPS) is 12.9. The third-order valence-electron chi connectivity index (χ3n) is 5.33. The van der Waals surface area contributed by atoms with Gasteiger partial charge in [0.05, 0.1) is 33.5 Å². The van der Waals surface area contributed by atoms with E-state index >= 15 is 0 Å². The van der Waals surface area contributed by atoms with E-state index in [0.29, 0.717) is 29.5 Å². The summed E-state index contributed by atoms with van der Waals surface area (Å²) >= 11 is 11.5. The summed E-state index contributed by atoms with van der Waals surface area (Å²) in [6.07, 6.45) is 3.00. The number of benzene rings is 2. The van der Waals surface area contributed by atoms with Gasteiger partial charge in [-0.15, -0.1) is 0 Å². The highest BCUT2D eigenvalue weighted by molar-refractivity contribution is 7.80. The molecule has 0 saturated carbocycles. The molecular weight excluding hydrogens is 505 g/mol.